The summed E-state index contributed by atoms with van der Waals surface area (Å²) >= 11 is 0. The molecule has 0 unspecified atom stereocenters. The van der Waals surface area contributed by atoms with Crippen LogP contribution >= 0.6 is 0 Å². The zero-order valence-electron chi connectivity index (χ0n) is 9.76. The van der Waals surface area contributed by atoms with Gasteiger partial charge >= 0.3 is 5.69 Å². The second-order valence-electron chi connectivity index (χ2n) is 4.02. The van der Waals surface area contributed by atoms with Gasteiger partial charge in [-0.15, -0.1) is 6.42 Å². The van der Waals surface area contributed by atoms with Gasteiger partial charge in [0.2, 0.25) is 0 Å². The lowest BCUT2D eigenvalue weighted by atomic mass is 10.1. The molecule has 0 aromatic carbocycles. The van der Waals surface area contributed by atoms with E-state index in [-0.39, 0.29) is 0 Å². The van der Waals surface area contributed by atoms with Gasteiger partial charge < -0.3 is 14.9 Å². The van der Waals surface area contributed by atoms with Crippen molar-refractivity contribution >= 4 is 0 Å². The Morgan fingerprint density at radius 2 is 2.16 bits per heavy atom. The third-order valence-electron chi connectivity index (χ3n) is 2.78. The van der Waals surface area contributed by atoms with Gasteiger partial charge in [-0.2, -0.15) is 0 Å². The normalized spacial score (nSPS) is 30.6. The van der Waals surface area contributed by atoms with E-state index in [1.54, 1.807) is 0 Å². The number of aromatic nitrogens is 2. The lowest BCUT2D eigenvalue weighted by Gasteiger charge is -2.16. The Balaban J connectivity index is 2.32. The molecule has 0 saturated carbocycles. The van der Waals surface area contributed by atoms with Gasteiger partial charge in [-0.25, -0.2) is 4.79 Å². The Hall–Kier alpha value is -2.14. The van der Waals surface area contributed by atoms with E-state index in [0.29, 0.717) is 0 Å². The zero-order valence-corrected chi connectivity index (χ0v) is 9.76. The van der Waals surface area contributed by atoms with Gasteiger partial charge in [-0.3, -0.25) is 14.3 Å². The number of rotatable bonds is 2. The Bertz CT molecular complexity index is 639. The van der Waals surface area contributed by atoms with Gasteiger partial charge in [0.05, 0.1) is 0 Å². The van der Waals surface area contributed by atoms with Crippen LogP contribution in [0.5, 0.6) is 0 Å². The van der Waals surface area contributed by atoms with Crippen molar-refractivity contribution in [3.8, 4) is 12.3 Å². The number of aliphatic hydroxyl groups is 2. The van der Waals surface area contributed by atoms with Crippen LogP contribution in [0.15, 0.2) is 34.0 Å². The number of nitrogens with one attached hydrogen (secondary N) is 1. The molecule has 0 bridgehead atoms. The second kappa shape index (κ2) is 5.24. The van der Waals surface area contributed by atoms with Crippen molar-refractivity contribution in [1.82, 2.24) is 9.55 Å². The van der Waals surface area contributed by atoms with E-state index in [0.717, 1.165) is 10.6 Å². The maximum absolute atomic E-state index is 11.6. The van der Waals surface area contributed by atoms with Gasteiger partial charge in [0.1, 0.15) is 18.3 Å². The average Bonchev–Trinajstić information content (AvgIpc) is 2.64. The Labute approximate surface area is 107 Å². The van der Waals surface area contributed by atoms with Crippen molar-refractivity contribution in [2.24, 2.45) is 0 Å². The van der Waals surface area contributed by atoms with Crippen molar-refractivity contribution in [2.75, 3.05) is 0 Å². The fourth-order valence-electron chi connectivity index (χ4n) is 1.85. The molecule has 1 saturated heterocycles. The summed E-state index contributed by atoms with van der Waals surface area (Å²) in [6.45, 7) is 0. The number of ether oxygens (including phenoxy) is 1. The molecule has 2 rings (SSSR count). The predicted octanol–water partition coefficient (Wildman–Crippen LogP) is -1.65. The molecule has 0 amide bonds. The SMILES string of the molecule is C#C/C=C\[C@H]1O[C@@H](n2ccc(=O)[nH]c2=O)[C@H](O)[C@@H]1O. The van der Waals surface area contributed by atoms with Gasteiger partial charge in [-0.05, 0) is 12.2 Å². The van der Waals surface area contributed by atoms with Crippen LogP contribution in [0, 0.1) is 12.3 Å². The van der Waals surface area contributed by atoms with Gasteiger partial charge in [0, 0.05) is 12.3 Å². The van der Waals surface area contributed by atoms with Crippen LogP contribution in [0.2, 0.25) is 0 Å². The number of hydrogen-bond donors (Lipinski definition) is 3. The first-order chi connectivity index (χ1) is 9.04. The van der Waals surface area contributed by atoms with Gasteiger partial charge in [0.25, 0.3) is 5.56 Å². The summed E-state index contributed by atoms with van der Waals surface area (Å²) in [6, 6.07) is 1.12. The van der Waals surface area contributed by atoms with E-state index in [1.807, 2.05) is 4.98 Å². The summed E-state index contributed by atoms with van der Waals surface area (Å²) in [5, 5.41) is 19.6. The summed E-state index contributed by atoms with van der Waals surface area (Å²) in [5.41, 5.74) is -1.29. The molecule has 0 spiro atoms. The van der Waals surface area contributed by atoms with E-state index in [4.69, 9.17) is 11.2 Å². The molecule has 1 aliphatic heterocycles. The lowest BCUT2D eigenvalue weighted by Crippen LogP contribution is -2.37. The molecule has 4 atom stereocenters. The van der Waals surface area contributed by atoms with Crippen LogP contribution < -0.4 is 11.2 Å². The van der Waals surface area contributed by atoms with Crippen molar-refractivity contribution < 1.29 is 14.9 Å². The highest BCUT2D eigenvalue weighted by Crippen LogP contribution is 2.28. The summed E-state index contributed by atoms with van der Waals surface area (Å²) in [6.07, 6.45) is 4.53. The monoisotopic (exact) mass is 264 g/mol. The van der Waals surface area contributed by atoms with Crippen LogP contribution in [-0.2, 0) is 4.74 Å². The number of H-pyrrole nitrogens is 1. The minimum Gasteiger partial charge on any atom is -0.387 e. The van der Waals surface area contributed by atoms with Crippen LogP contribution in [0.25, 0.3) is 0 Å². The number of terminal acetylenes is 1. The fraction of sp³-hybridized carbons (Fsp3) is 0.333. The largest absolute Gasteiger partial charge is 0.387 e. The minimum atomic E-state index is -1.31. The molecule has 19 heavy (non-hydrogen) atoms. The maximum Gasteiger partial charge on any atom is 0.330 e. The lowest BCUT2D eigenvalue weighted by molar-refractivity contribution is -0.0297. The van der Waals surface area contributed by atoms with E-state index in [2.05, 4.69) is 5.92 Å². The predicted molar refractivity (Wildman–Crippen MR) is 65.2 cm³/mol. The first kappa shape index (κ1) is 13.3. The number of hydrogen-bond acceptors (Lipinski definition) is 5. The number of nitrogens with zero attached hydrogens (tertiary/aromatic N) is 1. The highest BCUT2D eigenvalue weighted by molar-refractivity contribution is 5.13. The van der Waals surface area contributed by atoms with Crippen molar-refractivity contribution in [3.63, 3.8) is 0 Å². The Morgan fingerprint density at radius 1 is 1.42 bits per heavy atom. The van der Waals surface area contributed by atoms with E-state index >= 15 is 0 Å². The van der Waals surface area contributed by atoms with Crippen molar-refractivity contribution in [1.29, 1.82) is 0 Å². The molecule has 2 heterocycles. The first-order valence-corrected chi connectivity index (χ1v) is 5.50. The van der Waals surface area contributed by atoms with E-state index in [1.165, 1.54) is 18.3 Å². The van der Waals surface area contributed by atoms with Crippen molar-refractivity contribution in [3.05, 3.63) is 45.3 Å². The molecule has 0 aliphatic carbocycles. The minimum absolute atomic E-state index is 0.557. The first-order valence-electron chi connectivity index (χ1n) is 5.50. The summed E-state index contributed by atoms with van der Waals surface area (Å²) in [4.78, 5) is 24.6. The molecule has 0 radical (unpaired) electrons. The molecule has 1 aliphatic rings. The zero-order chi connectivity index (χ0) is 14.0. The maximum atomic E-state index is 11.6. The molecule has 1 aromatic heterocycles. The van der Waals surface area contributed by atoms with Gasteiger partial charge in [-0.1, -0.05) is 5.92 Å². The van der Waals surface area contributed by atoms with E-state index in [9.17, 15) is 19.8 Å². The Kier molecular flexibility index (Phi) is 3.66. The molecular formula is C12H12N2O5. The molecule has 3 N–H and O–H groups in total. The highest BCUT2D eigenvalue weighted by atomic mass is 16.6. The smallest absolute Gasteiger partial charge is 0.330 e. The molecular weight excluding hydrogens is 252 g/mol. The fourth-order valence-corrected chi connectivity index (χ4v) is 1.85. The van der Waals surface area contributed by atoms with Gasteiger partial charge in [0.15, 0.2) is 6.23 Å². The molecule has 1 fully saturated rings. The summed E-state index contributed by atoms with van der Waals surface area (Å²) in [7, 11) is 0. The summed E-state index contributed by atoms with van der Waals surface area (Å²) in [5.74, 6) is 2.23. The van der Waals surface area contributed by atoms with Crippen molar-refractivity contribution in [2.45, 2.75) is 24.5 Å². The van der Waals surface area contributed by atoms with Crippen LogP contribution in [0.4, 0.5) is 0 Å². The number of allylic oxidation sites excluding steroid dienone is 1. The van der Waals surface area contributed by atoms with Crippen LogP contribution in [0.1, 0.15) is 6.23 Å². The average molecular weight is 264 g/mol. The number of aromatic amines is 1. The van der Waals surface area contributed by atoms with Crippen LogP contribution in [0.3, 0.4) is 0 Å². The quantitative estimate of drug-likeness (QED) is 0.555. The number of aliphatic hydroxyl groups excluding tert-OH is 2. The molecule has 1 aromatic rings. The molecule has 7 heteroatoms. The topological polar surface area (TPSA) is 105 Å². The third kappa shape index (κ3) is 2.51. The van der Waals surface area contributed by atoms with Crippen LogP contribution in [-0.4, -0.2) is 38.1 Å². The third-order valence-corrected chi connectivity index (χ3v) is 2.78. The van der Waals surface area contributed by atoms with E-state index < -0.39 is 35.8 Å². The second-order valence-corrected chi connectivity index (χ2v) is 4.02. The standard InChI is InChI=1S/C12H12N2O5/c1-2-3-4-7-9(16)10(17)11(19-7)14-6-5-8(15)13-12(14)18/h1,3-7,9-11,16-17H,(H,13,15,18)/b4-3-/t7-,9-,10-,11-/m1/s1. The highest BCUT2D eigenvalue weighted by Gasteiger charge is 2.42. The molecule has 100 valence electrons. The summed E-state index contributed by atoms with van der Waals surface area (Å²) < 4.78 is 6.35. The Morgan fingerprint density at radius 3 is 2.79 bits per heavy atom. The molecule has 7 nitrogen and oxygen atoms in total.